The molecule has 0 N–H and O–H groups in total. The zero-order chi connectivity index (χ0) is 9.68. The topological polar surface area (TPSA) is 27.7 Å². The van der Waals surface area contributed by atoms with Crippen LogP contribution in [0.15, 0.2) is 0 Å². The highest BCUT2D eigenvalue weighted by molar-refractivity contribution is 14.1. The Morgan fingerprint density at radius 2 is 2.23 bits per heavy atom. The molecule has 4 heteroatoms. The van der Waals surface area contributed by atoms with Gasteiger partial charge in [-0.3, -0.25) is 0 Å². The smallest absolute Gasteiger partial charge is 0.146 e. The molecule has 0 unspecified atom stereocenters. The van der Waals surface area contributed by atoms with Crippen molar-refractivity contribution in [1.29, 1.82) is 0 Å². The van der Waals surface area contributed by atoms with Crippen molar-refractivity contribution >= 4 is 22.6 Å². The Labute approximate surface area is 93.3 Å². The molecule has 0 spiro atoms. The van der Waals surface area contributed by atoms with Crippen molar-refractivity contribution in [3.05, 3.63) is 0 Å². The van der Waals surface area contributed by atoms with E-state index in [1.165, 1.54) is 0 Å². The summed E-state index contributed by atoms with van der Waals surface area (Å²) in [5.41, 5.74) is 0. The fourth-order valence-electron chi connectivity index (χ4n) is 1.60. The van der Waals surface area contributed by atoms with Crippen LogP contribution in [0, 0.1) is 0 Å². The van der Waals surface area contributed by atoms with Gasteiger partial charge in [0.15, 0.2) is 0 Å². The van der Waals surface area contributed by atoms with Gasteiger partial charge in [-0.1, -0.05) is 22.6 Å². The van der Waals surface area contributed by atoms with Gasteiger partial charge in [-0.15, -0.1) is 0 Å². The zero-order valence-corrected chi connectivity index (χ0v) is 10.3. The highest BCUT2D eigenvalue weighted by Gasteiger charge is 2.26. The summed E-state index contributed by atoms with van der Waals surface area (Å²) in [7, 11) is 1.65. The lowest BCUT2D eigenvalue weighted by molar-refractivity contribution is -0.138. The Morgan fingerprint density at radius 1 is 1.46 bits per heavy atom. The Morgan fingerprint density at radius 3 is 2.85 bits per heavy atom. The van der Waals surface area contributed by atoms with Crippen LogP contribution in [0.25, 0.3) is 0 Å². The lowest BCUT2D eigenvalue weighted by atomic mass is 10.0. The van der Waals surface area contributed by atoms with Crippen LogP contribution in [0.4, 0.5) is 0 Å². The minimum atomic E-state index is 0.309. The van der Waals surface area contributed by atoms with Gasteiger partial charge in [-0.2, -0.15) is 0 Å². The molecule has 1 heterocycles. The van der Waals surface area contributed by atoms with Crippen LogP contribution in [0.1, 0.15) is 19.8 Å². The predicted molar refractivity (Wildman–Crippen MR) is 59.2 cm³/mol. The molecule has 3 nitrogen and oxygen atoms in total. The van der Waals surface area contributed by atoms with Gasteiger partial charge in [0.2, 0.25) is 0 Å². The minimum absolute atomic E-state index is 0.309. The SMILES string of the molecule is COCO[C@@H]1C[C@H](CI)O[C@H](C)C1. The quantitative estimate of drug-likeness (QED) is 0.451. The van der Waals surface area contributed by atoms with Crippen LogP contribution in [-0.4, -0.2) is 36.6 Å². The lowest BCUT2D eigenvalue weighted by Crippen LogP contribution is -2.36. The number of hydrogen-bond donors (Lipinski definition) is 0. The van der Waals surface area contributed by atoms with E-state index in [0.717, 1.165) is 17.3 Å². The molecule has 0 aromatic heterocycles. The number of hydrogen-bond acceptors (Lipinski definition) is 3. The van der Waals surface area contributed by atoms with Gasteiger partial charge in [-0.25, -0.2) is 0 Å². The molecule has 0 aliphatic carbocycles. The molecule has 78 valence electrons. The van der Waals surface area contributed by atoms with Crippen molar-refractivity contribution < 1.29 is 14.2 Å². The monoisotopic (exact) mass is 300 g/mol. The second kappa shape index (κ2) is 6.16. The summed E-state index contributed by atoms with van der Waals surface area (Å²) in [6.07, 6.45) is 2.96. The molecular formula is C9H17IO3. The maximum atomic E-state index is 5.72. The second-order valence-electron chi connectivity index (χ2n) is 3.39. The molecule has 1 aliphatic rings. The van der Waals surface area contributed by atoms with E-state index in [0.29, 0.717) is 25.1 Å². The average molecular weight is 300 g/mol. The van der Waals surface area contributed by atoms with Crippen molar-refractivity contribution in [3.8, 4) is 0 Å². The molecule has 13 heavy (non-hydrogen) atoms. The van der Waals surface area contributed by atoms with Gasteiger partial charge in [0.1, 0.15) is 6.79 Å². The molecular weight excluding hydrogens is 283 g/mol. The van der Waals surface area contributed by atoms with Gasteiger partial charge in [-0.05, 0) is 13.3 Å². The molecule has 1 rings (SSSR count). The maximum Gasteiger partial charge on any atom is 0.146 e. The highest BCUT2D eigenvalue weighted by atomic mass is 127. The number of halogens is 1. The molecule has 0 aromatic rings. The van der Waals surface area contributed by atoms with Crippen molar-refractivity contribution in [1.82, 2.24) is 0 Å². The molecule has 1 saturated heterocycles. The third-order valence-corrected chi connectivity index (χ3v) is 3.12. The Balaban J connectivity index is 2.29. The van der Waals surface area contributed by atoms with Crippen LogP contribution >= 0.6 is 22.6 Å². The number of ether oxygens (including phenoxy) is 3. The fraction of sp³-hybridized carbons (Fsp3) is 1.00. The van der Waals surface area contributed by atoms with Crippen LogP contribution in [-0.2, 0) is 14.2 Å². The van der Waals surface area contributed by atoms with Crippen LogP contribution in [0.5, 0.6) is 0 Å². The highest BCUT2D eigenvalue weighted by Crippen LogP contribution is 2.22. The lowest BCUT2D eigenvalue weighted by Gasteiger charge is -2.32. The molecule has 0 amide bonds. The van der Waals surface area contributed by atoms with Gasteiger partial charge < -0.3 is 14.2 Å². The standard InChI is InChI=1S/C9H17IO3/c1-7-3-8(12-6-11-2)4-9(5-10)13-7/h7-9H,3-6H2,1-2H3/t7-,8+,9-/m1/s1. The van der Waals surface area contributed by atoms with E-state index in [9.17, 15) is 0 Å². The van der Waals surface area contributed by atoms with E-state index < -0.39 is 0 Å². The van der Waals surface area contributed by atoms with Crippen molar-refractivity contribution in [2.24, 2.45) is 0 Å². The van der Waals surface area contributed by atoms with Gasteiger partial charge in [0.25, 0.3) is 0 Å². The second-order valence-corrected chi connectivity index (χ2v) is 4.27. The Kier molecular flexibility index (Phi) is 5.54. The molecule has 0 radical (unpaired) electrons. The van der Waals surface area contributed by atoms with Crippen LogP contribution in [0.2, 0.25) is 0 Å². The third-order valence-electron chi connectivity index (χ3n) is 2.14. The summed E-state index contributed by atoms with van der Waals surface area (Å²) in [5.74, 6) is 0. The minimum Gasteiger partial charge on any atom is -0.374 e. The normalized spacial score (nSPS) is 34.8. The van der Waals surface area contributed by atoms with E-state index in [1.807, 2.05) is 0 Å². The number of rotatable bonds is 4. The summed E-state index contributed by atoms with van der Waals surface area (Å²) < 4.78 is 17.2. The molecule has 0 bridgehead atoms. The van der Waals surface area contributed by atoms with Crippen molar-refractivity contribution in [3.63, 3.8) is 0 Å². The first kappa shape index (κ1) is 11.7. The Bertz CT molecular complexity index is 143. The summed E-state index contributed by atoms with van der Waals surface area (Å²) in [5, 5.41) is 0. The van der Waals surface area contributed by atoms with Gasteiger partial charge >= 0.3 is 0 Å². The third kappa shape index (κ3) is 4.10. The van der Waals surface area contributed by atoms with Crippen molar-refractivity contribution in [2.75, 3.05) is 18.3 Å². The molecule has 0 saturated carbocycles. The molecule has 1 aliphatic heterocycles. The largest absolute Gasteiger partial charge is 0.374 e. The first-order valence-electron chi connectivity index (χ1n) is 4.58. The molecule has 3 atom stereocenters. The van der Waals surface area contributed by atoms with E-state index in [1.54, 1.807) is 7.11 Å². The zero-order valence-electron chi connectivity index (χ0n) is 8.16. The summed E-state index contributed by atoms with van der Waals surface area (Å²) >= 11 is 2.35. The van der Waals surface area contributed by atoms with Crippen LogP contribution < -0.4 is 0 Å². The van der Waals surface area contributed by atoms with Crippen LogP contribution in [0.3, 0.4) is 0 Å². The fourth-order valence-corrected chi connectivity index (χ4v) is 2.17. The van der Waals surface area contributed by atoms with E-state index in [4.69, 9.17) is 14.2 Å². The average Bonchev–Trinajstić information content (AvgIpc) is 2.14. The van der Waals surface area contributed by atoms with Gasteiger partial charge in [0.05, 0.1) is 18.3 Å². The van der Waals surface area contributed by atoms with E-state index in [2.05, 4.69) is 29.5 Å². The molecule has 0 aromatic carbocycles. The Hall–Kier alpha value is 0.610. The summed E-state index contributed by atoms with van der Waals surface area (Å²) in [6, 6.07) is 0. The summed E-state index contributed by atoms with van der Waals surface area (Å²) in [4.78, 5) is 0. The van der Waals surface area contributed by atoms with Gasteiger partial charge in [0, 0.05) is 18.0 Å². The maximum absolute atomic E-state index is 5.72. The number of methoxy groups -OCH3 is 1. The first-order chi connectivity index (χ1) is 6.26. The predicted octanol–water partition coefficient (Wildman–Crippen LogP) is 1.98. The van der Waals surface area contributed by atoms with E-state index >= 15 is 0 Å². The summed E-state index contributed by atoms with van der Waals surface area (Å²) in [6.45, 7) is 2.49. The van der Waals surface area contributed by atoms with E-state index in [-0.39, 0.29) is 0 Å². The number of alkyl halides is 1. The first-order valence-corrected chi connectivity index (χ1v) is 6.10. The molecule has 1 fully saturated rings. The van der Waals surface area contributed by atoms with Crippen molar-refractivity contribution in [2.45, 2.75) is 38.1 Å².